The van der Waals surface area contributed by atoms with Gasteiger partial charge in [0.05, 0.1) is 9.98 Å². The van der Waals surface area contributed by atoms with Crippen LogP contribution in [-0.4, -0.2) is 42.5 Å². The van der Waals surface area contributed by atoms with Crippen LogP contribution in [0.25, 0.3) is 0 Å². The molecule has 0 bridgehead atoms. The molecule has 24 heavy (non-hydrogen) atoms. The number of halogens is 3. The first-order valence-corrected chi connectivity index (χ1v) is 8.57. The van der Waals surface area contributed by atoms with Crippen LogP contribution in [0.2, 0.25) is 0 Å². The molecule has 132 valence electrons. The summed E-state index contributed by atoms with van der Waals surface area (Å²) in [6.07, 6.45) is 4.31. The number of piperazine rings is 1. The number of ether oxygens (including phenoxy) is 1. The third-order valence-electron chi connectivity index (χ3n) is 3.77. The fraction of sp³-hybridized carbons (Fsp3) is 0.333. The maximum atomic E-state index is 11.6. The number of nitrogens with one attached hydrogen (secondary N) is 1. The Morgan fingerprint density at radius 3 is 2.88 bits per heavy atom. The summed E-state index contributed by atoms with van der Waals surface area (Å²) >= 11 is 5.13. The molecule has 1 N–H and O–H groups in total. The van der Waals surface area contributed by atoms with Gasteiger partial charge in [0.1, 0.15) is 17.9 Å². The summed E-state index contributed by atoms with van der Waals surface area (Å²) in [5, 5.41) is 3.38. The van der Waals surface area contributed by atoms with Gasteiger partial charge in [-0.1, -0.05) is 0 Å². The van der Waals surface area contributed by atoms with Crippen LogP contribution < -0.4 is 10.1 Å². The second-order valence-electron chi connectivity index (χ2n) is 5.09. The number of carbonyl (C=O) groups excluding carboxylic acids is 1. The average Bonchev–Trinajstić information content (AvgIpc) is 3.01. The van der Waals surface area contributed by atoms with E-state index in [1.807, 2.05) is 29.2 Å². The molecule has 1 amide bonds. The van der Waals surface area contributed by atoms with Gasteiger partial charge >= 0.3 is 0 Å². The van der Waals surface area contributed by atoms with Crippen molar-refractivity contribution < 1.29 is 9.53 Å². The molecule has 1 aliphatic heterocycles. The lowest BCUT2D eigenvalue weighted by Gasteiger charge is -2.44. The lowest BCUT2D eigenvalue weighted by Crippen LogP contribution is -2.61. The Kier molecular flexibility index (Phi) is 8.45. The predicted octanol–water partition coefficient (Wildman–Crippen LogP) is 3.09. The minimum absolute atomic E-state index is 0. The van der Waals surface area contributed by atoms with E-state index in [0.717, 1.165) is 21.6 Å². The third-order valence-corrected chi connectivity index (χ3v) is 5.58. The van der Waals surface area contributed by atoms with Gasteiger partial charge in [-0.2, -0.15) is 0 Å². The second kappa shape index (κ2) is 9.58. The molecule has 1 aliphatic rings. The highest BCUT2D eigenvalue weighted by Crippen LogP contribution is 2.36. The van der Waals surface area contributed by atoms with Gasteiger partial charge < -0.3 is 15.0 Å². The maximum Gasteiger partial charge on any atom is 0.210 e. The van der Waals surface area contributed by atoms with Crippen molar-refractivity contribution in [3.63, 3.8) is 0 Å². The van der Waals surface area contributed by atoms with E-state index >= 15 is 0 Å². The lowest BCUT2D eigenvalue weighted by atomic mass is 9.94. The summed E-state index contributed by atoms with van der Waals surface area (Å²) in [4.78, 5) is 18.6. The Hall–Kier alpha value is -0.860. The number of carbonyl (C=O) groups is 1. The Bertz CT molecular complexity index is 647. The minimum atomic E-state index is -0.494. The van der Waals surface area contributed by atoms with Crippen molar-refractivity contribution in [1.82, 2.24) is 15.2 Å². The Morgan fingerprint density at radius 1 is 1.42 bits per heavy atom. The predicted molar refractivity (Wildman–Crippen MR) is 104 cm³/mol. The van der Waals surface area contributed by atoms with Crippen LogP contribution in [0, 0.1) is 0 Å². The largest absolute Gasteiger partial charge is 0.489 e. The summed E-state index contributed by atoms with van der Waals surface area (Å²) in [7, 11) is 0. The van der Waals surface area contributed by atoms with Crippen molar-refractivity contribution in [3.8, 4) is 5.75 Å². The lowest BCUT2D eigenvalue weighted by molar-refractivity contribution is -0.127. The van der Waals surface area contributed by atoms with Gasteiger partial charge in [0.15, 0.2) is 0 Å². The van der Waals surface area contributed by atoms with Gasteiger partial charge in [-0.3, -0.25) is 9.78 Å². The van der Waals surface area contributed by atoms with Crippen molar-refractivity contribution in [2.45, 2.75) is 5.54 Å². The molecule has 0 aliphatic carbocycles. The number of amides is 1. The van der Waals surface area contributed by atoms with Crippen molar-refractivity contribution >= 4 is 58.5 Å². The smallest absolute Gasteiger partial charge is 0.210 e. The standard InChI is InChI=1S/C15H16BrN3O2S.2ClH/c16-14-4-3-13(22-14)15(9-18-6-7-19(15)11-20)10-21-12-2-1-5-17-8-12;;/h1-5,8,11,18H,6-7,9-10H2;2*1H. The van der Waals surface area contributed by atoms with Crippen LogP contribution in [0.4, 0.5) is 0 Å². The number of hydrogen-bond donors (Lipinski definition) is 1. The second-order valence-corrected chi connectivity index (χ2v) is 7.55. The number of pyridine rings is 1. The molecule has 0 spiro atoms. The van der Waals surface area contributed by atoms with Crippen molar-refractivity contribution in [2.75, 3.05) is 26.2 Å². The Balaban J connectivity index is 0.00000144. The fourth-order valence-electron chi connectivity index (χ4n) is 2.60. The van der Waals surface area contributed by atoms with Crippen LogP contribution >= 0.6 is 52.1 Å². The van der Waals surface area contributed by atoms with Crippen molar-refractivity contribution in [1.29, 1.82) is 0 Å². The van der Waals surface area contributed by atoms with Crippen LogP contribution in [0.3, 0.4) is 0 Å². The summed E-state index contributed by atoms with van der Waals surface area (Å²) in [6.45, 7) is 2.51. The van der Waals surface area contributed by atoms with Crippen LogP contribution in [-0.2, 0) is 10.3 Å². The van der Waals surface area contributed by atoms with Gasteiger partial charge in [0.2, 0.25) is 6.41 Å². The van der Waals surface area contributed by atoms with Crippen LogP contribution in [0.1, 0.15) is 4.88 Å². The molecular weight excluding hydrogens is 437 g/mol. The summed E-state index contributed by atoms with van der Waals surface area (Å²) in [5.41, 5.74) is -0.494. The number of nitrogens with zero attached hydrogens (tertiary/aromatic N) is 2. The number of aromatic nitrogens is 1. The van der Waals surface area contributed by atoms with E-state index in [1.165, 1.54) is 0 Å². The van der Waals surface area contributed by atoms with E-state index in [2.05, 4.69) is 26.2 Å². The molecular formula is C15H18BrCl2N3O2S. The molecule has 3 rings (SSSR count). The van der Waals surface area contributed by atoms with Gasteiger partial charge in [-0.25, -0.2) is 0 Å². The quantitative estimate of drug-likeness (QED) is 0.705. The first kappa shape index (κ1) is 21.2. The van der Waals surface area contributed by atoms with Crippen LogP contribution in [0.15, 0.2) is 40.4 Å². The SMILES string of the molecule is Cl.Cl.O=CN1CCNCC1(COc1cccnc1)c1ccc(Br)s1. The van der Waals surface area contributed by atoms with E-state index in [1.54, 1.807) is 23.7 Å². The zero-order valence-corrected chi connectivity index (χ0v) is 16.7. The molecule has 0 aromatic carbocycles. The molecule has 1 unspecified atom stereocenters. The fourth-order valence-corrected chi connectivity index (χ4v) is 4.17. The van der Waals surface area contributed by atoms with Gasteiger partial charge in [0, 0.05) is 30.7 Å². The molecule has 1 fully saturated rings. The molecule has 1 atom stereocenters. The molecule has 5 nitrogen and oxygen atoms in total. The highest BCUT2D eigenvalue weighted by molar-refractivity contribution is 9.11. The minimum Gasteiger partial charge on any atom is -0.489 e. The number of thiophene rings is 1. The molecule has 3 heterocycles. The zero-order chi connectivity index (χ0) is 15.4. The van der Waals surface area contributed by atoms with E-state index in [4.69, 9.17) is 4.74 Å². The Morgan fingerprint density at radius 2 is 2.25 bits per heavy atom. The van der Waals surface area contributed by atoms with E-state index < -0.39 is 5.54 Å². The number of rotatable bonds is 5. The summed E-state index contributed by atoms with van der Waals surface area (Å²) < 4.78 is 6.97. The molecule has 2 aromatic rings. The molecule has 0 saturated carbocycles. The highest BCUT2D eigenvalue weighted by atomic mass is 79.9. The number of hydrogen-bond acceptors (Lipinski definition) is 5. The summed E-state index contributed by atoms with van der Waals surface area (Å²) in [5.74, 6) is 0.703. The molecule has 1 saturated heterocycles. The van der Waals surface area contributed by atoms with E-state index in [9.17, 15) is 4.79 Å². The van der Waals surface area contributed by atoms with Gasteiger partial charge in [-0.05, 0) is 40.2 Å². The molecule has 2 aromatic heterocycles. The van der Waals surface area contributed by atoms with Gasteiger partial charge in [-0.15, -0.1) is 36.2 Å². The van der Waals surface area contributed by atoms with Crippen LogP contribution in [0.5, 0.6) is 5.75 Å². The van der Waals surface area contributed by atoms with Crippen molar-refractivity contribution in [3.05, 3.63) is 45.3 Å². The normalized spacial score (nSPS) is 19.8. The van der Waals surface area contributed by atoms with Gasteiger partial charge in [0.25, 0.3) is 0 Å². The zero-order valence-electron chi connectivity index (χ0n) is 12.7. The summed E-state index contributed by atoms with van der Waals surface area (Å²) in [6, 6.07) is 7.75. The molecule has 9 heteroatoms. The first-order chi connectivity index (χ1) is 10.7. The topological polar surface area (TPSA) is 54.5 Å². The van der Waals surface area contributed by atoms with Crippen molar-refractivity contribution in [2.24, 2.45) is 0 Å². The monoisotopic (exact) mass is 453 g/mol. The molecule has 0 radical (unpaired) electrons. The average molecular weight is 455 g/mol. The first-order valence-electron chi connectivity index (χ1n) is 6.96. The Labute approximate surface area is 165 Å². The third kappa shape index (κ3) is 4.40. The van der Waals surface area contributed by atoms with E-state index in [0.29, 0.717) is 25.4 Å². The van der Waals surface area contributed by atoms with E-state index in [-0.39, 0.29) is 24.8 Å². The maximum absolute atomic E-state index is 11.6. The highest BCUT2D eigenvalue weighted by Gasteiger charge is 2.42.